The molecule has 0 amide bonds. The summed E-state index contributed by atoms with van der Waals surface area (Å²) in [6.07, 6.45) is 1.51. The smallest absolute Gasteiger partial charge is 0.399 e. The first-order valence-corrected chi connectivity index (χ1v) is 7.72. The molecule has 1 aromatic heterocycles. The van der Waals surface area contributed by atoms with Crippen molar-refractivity contribution in [1.29, 1.82) is 0 Å². The topological polar surface area (TPSA) is 58.3 Å². The number of rotatable bonds is 3. The summed E-state index contributed by atoms with van der Waals surface area (Å²) in [5, 5.41) is 4.09. The highest BCUT2D eigenvalue weighted by molar-refractivity contribution is 6.62. The van der Waals surface area contributed by atoms with E-state index in [1.807, 2.05) is 52.0 Å². The Hall–Kier alpha value is -1.86. The molecular weight excluding hydrogens is 293 g/mol. The maximum absolute atomic E-state index is 11.9. The predicted octanol–water partition coefficient (Wildman–Crippen LogP) is 0.929. The fourth-order valence-corrected chi connectivity index (χ4v) is 2.52. The molecule has 0 unspecified atom stereocenters. The van der Waals surface area contributed by atoms with Gasteiger partial charge in [0.15, 0.2) is 0 Å². The van der Waals surface area contributed by atoms with E-state index in [2.05, 4.69) is 5.10 Å². The molecule has 0 bridgehead atoms. The van der Waals surface area contributed by atoms with E-state index in [9.17, 15) is 4.79 Å². The van der Waals surface area contributed by atoms with Gasteiger partial charge in [0.05, 0.1) is 17.7 Å². The molecule has 122 valence electrons. The normalized spacial score (nSPS) is 19.3. The maximum atomic E-state index is 11.9. The van der Waals surface area contributed by atoms with Crippen LogP contribution in [-0.2, 0) is 22.9 Å². The lowest BCUT2D eigenvalue weighted by molar-refractivity contribution is 0.00578. The van der Waals surface area contributed by atoms with Crippen molar-refractivity contribution in [3.05, 3.63) is 46.6 Å². The quantitative estimate of drug-likeness (QED) is 0.791. The lowest BCUT2D eigenvalue weighted by atomic mass is 9.78. The average Bonchev–Trinajstić information content (AvgIpc) is 2.89. The second kappa shape index (κ2) is 5.35. The van der Waals surface area contributed by atoms with Gasteiger partial charge >= 0.3 is 12.8 Å². The lowest BCUT2D eigenvalue weighted by Gasteiger charge is -2.32. The van der Waals surface area contributed by atoms with Crippen molar-refractivity contribution < 1.29 is 9.31 Å². The van der Waals surface area contributed by atoms with Crippen LogP contribution < -0.4 is 11.2 Å². The molecule has 0 radical (unpaired) electrons. The predicted molar refractivity (Wildman–Crippen MR) is 88.7 cm³/mol. The van der Waals surface area contributed by atoms with Crippen molar-refractivity contribution in [3.63, 3.8) is 0 Å². The van der Waals surface area contributed by atoms with Crippen molar-refractivity contribution in [2.24, 2.45) is 7.05 Å². The summed E-state index contributed by atoms with van der Waals surface area (Å²) >= 11 is 0. The van der Waals surface area contributed by atoms with Gasteiger partial charge in [-0.15, -0.1) is 0 Å². The molecule has 1 aromatic carbocycles. The molecule has 3 rings (SSSR count). The summed E-state index contributed by atoms with van der Waals surface area (Å²) in [6.45, 7) is 8.55. The van der Waals surface area contributed by atoms with Crippen molar-refractivity contribution in [3.8, 4) is 0 Å². The third kappa shape index (κ3) is 2.86. The molecule has 23 heavy (non-hydrogen) atoms. The number of hydrogen-bond acceptors (Lipinski definition) is 4. The van der Waals surface area contributed by atoms with Gasteiger partial charge in [0.25, 0.3) is 0 Å². The van der Waals surface area contributed by atoms with E-state index in [1.54, 1.807) is 7.05 Å². The molecule has 0 saturated carbocycles. The number of aromatic nitrogens is 3. The fraction of sp³-hybridized carbons (Fsp3) is 0.500. The zero-order chi connectivity index (χ0) is 16.8. The molecule has 1 aliphatic rings. The van der Waals surface area contributed by atoms with Crippen LogP contribution in [0, 0.1) is 0 Å². The Balaban J connectivity index is 1.84. The minimum Gasteiger partial charge on any atom is -0.399 e. The highest BCUT2D eigenvalue weighted by atomic mass is 16.7. The van der Waals surface area contributed by atoms with Gasteiger partial charge in [0, 0.05) is 7.05 Å². The van der Waals surface area contributed by atoms with E-state index in [0.29, 0.717) is 6.54 Å². The van der Waals surface area contributed by atoms with Crippen molar-refractivity contribution in [2.75, 3.05) is 0 Å². The molecule has 6 nitrogen and oxygen atoms in total. The van der Waals surface area contributed by atoms with Gasteiger partial charge in [0.2, 0.25) is 0 Å². The molecule has 1 aliphatic heterocycles. The second-order valence-electron chi connectivity index (χ2n) is 7.02. The molecule has 2 aromatic rings. The minimum absolute atomic E-state index is 0.133. The zero-order valence-corrected chi connectivity index (χ0v) is 14.2. The second-order valence-corrected chi connectivity index (χ2v) is 7.02. The van der Waals surface area contributed by atoms with Gasteiger partial charge < -0.3 is 9.31 Å². The summed E-state index contributed by atoms with van der Waals surface area (Å²) in [5.74, 6) is 0. The van der Waals surface area contributed by atoms with Crippen LogP contribution >= 0.6 is 0 Å². The highest BCUT2D eigenvalue weighted by Gasteiger charge is 2.51. The molecular formula is C16H22BN3O3. The number of hydrogen-bond donors (Lipinski definition) is 0. The molecule has 1 saturated heterocycles. The summed E-state index contributed by atoms with van der Waals surface area (Å²) < 4.78 is 15.0. The van der Waals surface area contributed by atoms with Crippen LogP contribution in [-0.4, -0.2) is 32.7 Å². The third-order valence-electron chi connectivity index (χ3n) is 4.70. The first kappa shape index (κ1) is 16.0. The number of aryl methyl sites for hydroxylation is 1. The summed E-state index contributed by atoms with van der Waals surface area (Å²) in [5.41, 5.74) is 1.06. The summed E-state index contributed by atoms with van der Waals surface area (Å²) in [4.78, 5) is 11.9. The van der Waals surface area contributed by atoms with Crippen molar-refractivity contribution >= 4 is 12.6 Å². The van der Waals surface area contributed by atoms with Crippen LogP contribution in [0.25, 0.3) is 0 Å². The molecule has 0 atom stereocenters. The molecule has 2 heterocycles. The monoisotopic (exact) mass is 315 g/mol. The van der Waals surface area contributed by atoms with Crippen LogP contribution in [0.2, 0.25) is 0 Å². The fourth-order valence-electron chi connectivity index (χ4n) is 2.52. The zero-order valence-electron chi connectivity index (χ0n) is 14.2. The van der Waals surface area contributed by atoms with Crippen LogP contribution in [0.3, 0.4) is 0 Å². The van der Waals surface area contributed by atoms with Crippen LogP contribution in [0.15, 0.2) is 35.4 Å². The van der Waals surface area contributed by atoms with Crippen molar-refractivity contribution in [2.45, 2.75) is 45.4 Å². The van der Waals surface area contributed by atoms with E-state index in [-0.39, 0.29) is 16.9 Å². The van der Waals surface area contributed by atoms with Gasteiger partial charge in [-0.2, -0.15) is 5.10 Å². The Morgan fingerprint density at radius 1 is 1.17 bits per heavy atom. The van der Waals surface area contributed by atoms with Crippen LogP contribution in [0.5, 0.6) is 0 Å². The Bertz CT molecular complexity index is 763. The number of nitrogens with zero attached hydrogens (tertiary/aromatic N) is 3. The van der Waals surface area contributed by atoms with E-state index in [1.165, 1.54) is 15.6 Å². The van der Waals surface area contributed by atoms with E-state index >= 15 is 0 Å². The minimum atomic E-state index is -0.402. The Kier molecular flexibility index (Phi) is 3.73. The van der Waals surface area contributed by atoms with E-state index < -0.39 is 7.12 Å². The Morgan fingerprint density at radius 3 is 2.39 bits per heavy atom. The number of benzene rings is 1. The van der Waals surface area contributed by atoms with Crippen LogP contribution in [0.4, 0.5) is 0 Å². The van der Waals surface area contributed by atoms with Gasteiger partial charge in [-0.25, -0.2) is 9.48 Å². The largest absolute Gasteiger partial charge is 0.494 e. The van der Waals surface area contributed by atoms with Gasteiger partial charge in [-0.1, -0.05) is 24.3 Å². The molecule has 7 heteroatoms. The standard InChI is InChI=1S/C16H22BN3O3/c1-15(2)16(3,4)23-17(22-15)13-8-6-7-12(9-13)10-20-14(21)19(5)11-18-20/h6-9,11H,10H2,1-5H3. The third-order valence-corrected chi connectivity index (χ3v) is 4.70. The first-order chi connectivity index (χ1) is 10.7. The Labute approximate surface area is 136 Å². The van der Waals surface area contributed by atoms with Gasteiger partial charge in [0.1, 0.15) is 6.33 Å². The average molecular weight is 315 g/mol. The summed E-state index contributed by atoms with van der Waals surface area (Å²) in [6, 6.07) is 7.90. The van der Waals surface area contributed by atoms with E-state index in [4.69, 9.17) is 9.31 Å². The van der Waals surface area contributed by atoms with Gasteiger partial charge in [-0.3, -0.25) is 4.57 Å². The van der Waals surface area contributed by atoms with Crippen molar-refractivity contribution in [1.82, 2.24) is 14.3 Å². The van der Waals surface area contributed by atoms with Crippen LogP contribution in [0.1, 0.15) is 33.3 Å². The summed E-state index contributed by atoms with van der Waals surface area (Å²) in [7, 11) is 1.28. The molecule has 0 spiro atoms. The highest BCUT2D eigenvalue weighted by Crippen LogP contribution is 2.36. The lowest BCUT2D eigenvalue weighted by Crippen LogP contribution is -2.41. The SMILES string of the molecule is Cn1cnn(Cc2cccc(B3OC(C)(C)C(C)(C)O3)c2)c1=O. The molecule has 0 N–H and O–H groups in total. The van der Waals surface area contributed by atoms with Gasteiger partial charge in [-0.05, 0) is 38.7 Å². The first-order valence-electron chi connectivity index (χ1n) is 7.72. The van der Waals surface area contributed by atoms with E-state index in [0.717, 1.165) is 11.0 Å². The maximum Gasteiger partial charge on any atom is 0.494 e. The Morgan fingerprint density at radius 2 is 1.83 bits per heavy atom. The molecule has 1 fully saturated rings. The molecule has 0 aliphatic carbocycles.